The molecule has 16 heavy (non-hydrogen) atoms. The molecule has 0 radical (unpaired) electrons. The number of carbonyl (C=O) groups is 1. The maximum Gasteiger partial charge on any atom is 0.321 e. The number of carbonyl (C=O) groups excluding carboxylic acids is 1. The fourth-order valence-electron chi connectivity index (χ4n) is 1.05. The molecule has 0 bridgehead atoms. The van der Waals surface area contributed by atoms with Gasteiger partial charge >= 0.3 is 6.03 Å². The van der Waals surface area contributed by atoms with E-state index in [1.807, 2.05) is 0 Å². The van der Waals surface area contributed by atoms with Gasteiger partial charge in [0.2, 0.25) is 0 Å². The third-order valence-electron chi connectivity index (χ3n) is 1.95. The molecule has 2 amide bonds. The number of hydrogen-bond donors (Lipinski definition) is 2. The molecule has 0 saturated carbocycles. The molecule has 6 heteroatoms. The lowest BCUT2D eigenvalue weighted by Crippen LogP contribution is -2.33. The van der Waals surface area contributed by atoms with Gasteiger partial charge in [-0.05, 0) is 18.2 Å². The zero-order valence-corrected chi connectivity index (χ0v) is 9.46. The largest absolute Gasteiger partial charge is 0.395 e. The van der Waals surface area contributed by atoms with Crippen LogP contribution in [0.25, 0.3) is 0 Å². The standard InChI is InChI=1S/C10H12ClFN2O2/c1-14(4-5-15)10(16)13-9-3-2-7(11)6-8(9)12/h2-3,6,15H,4-5H2,1H3,(H,13,16). The number of likely N-dealkylation sites (N-methyl/N-ethyl adjacent to an activating group) is 1. The molecule has 88 valence electrons. The molecule has 0 aromatic heterocycles. The number of nitrogens with zero attached hydrogens (tertiary/aromatic N) is 1. The second kappa shape index (κ2) is 5.67. The minimum Gasteiger partial charge on any atom is -0.395 e. The molecule has 4 nitrogen and oxygen atoms in total. The summed E-state index contributed by atoms with van der Waals surface area (Å²) in [6.45, 7) is 0.0358. The summed E-state index contributed by atoms with van der Waals surface area (Å²) >= 11 is 5.57. The molecule has 1 aromatic carbocycles. The highest BCUT2D eigenvalue weighted by Gasteiger charge is 2.10. The summed E-state index contributed by atoms with van der Waals surface area (Å²) in [4.78, 5) is 12.7. The van der Waals surface area contributed by atoms with Crippen molar-refractivity contribution in [3.8, 4) is 0 Å². The molecule has 0 saturated heterocycles. The van der Waals surface area contributed by atoms with E-state index in [1.165, 1.54) is 24.1 Å². The Labute approximate surface area is 97.6 Å². The fourth-order valence-corrected chi connectivity index (χ4v) is 1.21. The molecule has 0 fully saturated rings. The van der Waals surface area contributed by atoms with E-state index in [2.05, 4.69) is 5.32 Å². The summed E-state index contributed by atoms with van der Waals surface area (Å²) < 4.78 is 13.3. The lowest BCUT2D eigenvalue weighted by atomic mass is 10.3. The summed E-state index contributed by atoms with van der Waals surface area (Å²) in [5.41, 5.74) is 0.0548. The highest BCUT2D eigenvalue weighted by Crippen LogP contribution is 2.18. The van der Waals surface area contributed by atoms with E-state index in [0.717, 1.165) is 6.07 Å². The highest BCUT2D eigenvalue weighted by atomic mass is 35.5. The third-order valence-corrected chi connectivity index (χ3v) is 2.19. The van der Waals surface area contributed by atoms with Crippen molar-refractivity contribution in [2.75, 3.05) is 25.5 Å². The Kier molecular flexibility index (Phi) is 4.52. The minimum absolute atomic E-state index is 0.0548. The van der Waals surface area contributed by atoms with Crippen LogP contribution in [0, 0.1) is 5.82 Å². The number of hydrogen-bond acceptors (Lipinski definition) is 2. The lowest BCUT2D eigenvalue weighted by molar-refractivity contribution is 0.202. The first-order valence-corrected chi connectivity index (χ1v) is 5.00. The Bertz CT molecular complexity index is 387. The van der Waals surface area contributed by atoms with Crippen LogP contribution < -0.4 is 5.32 Å². The maximum absolute atomic E-state index is 13.3. The first kappa shape index (κ1) is 12.7. The van der Waals surface area contributed by atoms with E-state index < -0.39 is 11.8 Å². The molecule has 0 aliphatic carbocycles. The number of aliphatic hydroxyl groups is 1. The van der Waals surface area contributed by atoms with E-state index in [4.69, 9.17) is 16.7 Å². The molecule has 1 aromatic rings. The molecule has 1 rings (SSSR count). The van der Waals surface area contributed by atoms with Crippen molar-refractivity contribution in [3.63, 3.8) is 0 Å². The Hall–Kier alpha value is -1.33. The van der Waals surface area contributed by atoms with Crippen LogP contribution in [0.5, 0.6) is 0 Å². The van der Waals surface area contributed by atoms with Crippen LogP contribution in [-0.4, -0.2) is 36.2 Å². The maximum atomic E-state index is 13.3. The average Bonchev–Trinajstić information content (AvgIpc) is 2.22. The predicted molar refractivity (Wildman–Crippen MR) is 60.1 cm³/mol. The number of anilines is 1. The van der Waals surface area contributed by atoms with Gasteiger partial charge in [-0.1, -0.05) is 11.6 Å². The second-order valence-electron chi connectivity index (χ2n) is 3.20. The molecule has 0 aliphatic heterocycles. The highest BCUT2D eigenvalue weighted by molar-refractivity contribution is 6.30. The monoisotopic (exact) mass is 246 g/mol. The van der Waals surface area contributed by atoms with Crippen molar-refractivity contribution in [2.45, 2.75) is 0 Å². The van der Waals surface area contributed by atoms with Crippen LogP contribution in [0.4, 0.5) is 14.9 Å². The van der Waals surface area contributed by atoms with Crippen molar-refractivity contribution in [1.82, 2.24) is 4.90 Å². The quantitative estimate of drug-likeness (QED) is 0.856. The molecular weight excluding hydrogens is 235 g/mol. The molecule has 0 unspecified atom stereocenters. The molecule has 0 aliphatic rings. The summed E-state index contributed by atoms with van der Waals surface area (Å²) in [5.74, 6) is -0.599. The molecule has 0 atom stereocenters. The Morgan fingerprint density at radius 1 is 1.62 bits per heavy atom. The molecular formula is C10H12ClFN2O2. The molecule has 2 N–H and O–H groups in total. The van der Waals surface area contributed by atoms with E-state index in [-0.39, 0.29) is 23.9 Å². The summed E-state index contributed by atoms with van der Waals surface area (Å²) in [7, 11) is 1.50. The van der Waals surface area contributed by atoms with Gasteiger partial charge in [0.1, 0.15) is 5.82 Å². The van der Waals surface area contributed by atoms with Crippen LogP contribution in [0.15, 0.2) is 18.2 Å². The van der Waals surface area contributed by atoms with Crippen LogP contribution in [0.3, 0.4) is 0 Å². The van der Waals surface area contributed by atoms with Gasteiger partial charge in [0.15, 0.2) is 0 Å². The van der Waals surface area contributed by atoms with Crippen molar-refractivity contribution in [1.29, 1.82) is 0 Å². The Morgan fingerprint density at radius 2 is 2.31 bits per heavy atom. The van der Waals surface area contributed by atoms with Crippen LogP contribution in [-0.2, 0) is 0 Å². The third kappa shape index (κ3) is 3.36. The lowest BCUT2D eigenvalue weighted by Gasteiger charge is -2.16. The van der Waals surface area contributed by atoms with E-state index in [0.29, 0.717) is 0 Å². The van der Waals surface area contributed by atoms with Gasteiger partial charge in [-0.25, -0.2) is 9.18 Å². The van der Waals surface area contributed by atoms with Gasteiger partial charge in [0, 0.05) is 18.6 Å². The van der Waals surface area contributed by atoms with Gasteiger partial charge in [-0.2, -0.15) is 0 Å². The van der Waals surface area contributed by atoms with E-state index in [1.54, 1.807) is 0 Å². The smallest absolute Gasteiger partial charge is 0.321 e. The van der Waals surface area contributed by atoms with Crippen molar-refractivity contribution >= 4 is 23.3 Å². The molecule has 0 heterocycles. The fraction of sp³-hybridized carbons (Fsp3) is 0.300. The number of benzene rings is 1. The number of amides is 2. The average molecular weight is 247 g/mol. The van der Waals surface area contributed by atoms with E-state index in [9.17, 15) is 9.18 Å². The van der Waals surface area contributed by atoms with E-state index >= 15 is 0 Å². The number of nitrogens with one attached hydrogen (secondary N) is 1. The number of aliphatic hydroxyl groups excluding tert-OH is 1. The molecule has 0 spiro atoms. The van der Waals surface area contributed by atoms with Crippen LogP contribution in [0.2, 0.25) is 5.02 Å². The van der Waals surface area contributed by atoms with Crippen LogP contribution >= 0.6 is 11.6 Å². The van der Waals surface area contributed by atoms with Crippen molar-refractivity contribution in [2.24, 2.45) is 0 Å². The zero-order chi connectivity index (χ0) is 12.1. The zero-order valence-electron chi connectivity index (χ0n) is 8.70. The summed E-state index contributed by atoms with van der Waals surface area (Å²) in [6.07, 6.45) is 0. The Morgan fingerprint density at radius 3 is 2.88 bits per heavy atom. The van der Waals surface area contributed by atoms with Gasteiger partial charge in [-0.15, -0.1) is 0 Å². The van der Waals surface area contributed by atoms with Crippen molar-refractivity contribution in [3.05, 3.63) is 29.0 Å². The number of halogens is 2. The van der Waals surface area contributed by atoms with Gasteiger partial charge in [0.05, 0.1) is 12.3 Å². The minimum atomic E-state index is -0.599. The summed E-state index contributed by atoms with van der Waals surface area (Å²) in [5, 5.41) is 11.3. The SMILES string of the molecule is CN(CCO)C(=O)Nc1ccc(Cl)cc1F. The van der Waals surface area contributed by atoms with Gasteiger partial charge < -0.3 is 15.3 Å². The summed E-state index contributed by atoms with van der Waals surface area (Å²) in [6, 6.07) is 3.48. The normalized spacial score (nSPS) is 10.0. The van der Waals surface area contributed by atoms with Crippen LogP contribution in [0.1, 0.15) is 0 Å². The predicted octanol–water partition coefficient (Wildman–Crippen LogP) is 1.94. The number of rotatable bonds is 3. The Balaban J connectivity index is 2.69. The topological polar surface area (TPSA) is 52.6 Å². The van der Waals surface area contributed by atoms with Gasteiger partial charge in [0.25, 0.3) is 0 Å². The first-order chi connectivity index (χ1) is 7.54. The first-order valence-electron chi connectivity index (χ1n) is 4.62. The van der Waals surface area contributed by atoms with Crippen molar-refractivity contribution < 1.29 is 14.3 Å². The van der Waals surface area contributed by atoms with Gasteiger partial charge in [-0.3, -0.25) is 0 Å². The number of urea groups is 1. The second-order valence-corrected chi connectivity index (χ2v) is 3.64.